The van der Waals surface area contributed by atoms with E-state index in [0.717, 1.165) is 0 Å². The molecule has 1 aliphatic rings. The molecule has 0 amide bonds. The summed E-state index contributed by atoms with van der Waals surface area (Å²) in [6, 6.07) is 5.19. The number of hydrogen-bond acceptors (Lipinski definition) is 5. The van der Waals surface area contributed by atoms with E-state index in [1.165, 1.54) is 4.80 Å². The highest BCUT2D eigenvalue weighted by atomic mass is 35.5. The first-order chi connectivity index (χ1) is 10.3. The van der Waals surface area contributed by atoms with Crippen LogP contribution in [0.3, 0.4) is 0 Å². The van der Waals surface area contributed by atoms with Crippen LogP contribution in [0.4, 0.5) is 0 Å². The van der Waals surface area contributed by atoms with Gasteiger partial charge in [0.25, 0.3) is 0 Å². The highest BCUT2D eigenvalue weighted by Gasteiger charge is 2.13. The van der Waals surface area contributed by atoms with Crippen molar-refractivity contribution >= 4 is 23.5 Å². The summed E-state index contributed by atoms with van der Waals surface area (Å²) in [7, 11) is 1.57. The zero-order valence-electron chi connectivity index (χ0n) is 11.1. The molecule has 21 heavy (non-hydrogen) atoms. The molecule has 7 heteroatoms. The van der Waals surface area contributed by atoms with E-state index in [2.05, 4.69) is 26.1 Å². The zero-order valence-corrected chi connectivity index (χ0v) is 11.8. The van der Waals surface area contributed by atoms with Crippen molar-refractivity contribution in [3.05, 3.63) is 53.0 Å². The number of tetrazole rings is 1. The van der Waals surface area contributed by atoms with Gasteiger partial charge in [0.1, 0.15) is 17.1 Å². The van der Waals surface area contributed by atoms with Crippen LogP contribution in [0, 0.1) is 0 Å². The molecule has 6 nitrogen and oxygen atoms in total. The summed E-state index contributed by atoms with van der Waals surface area (Å²) in [4.78, 5) is 5.57. The molecule has 2 heterocycles. The molecule has 0 saturated heterocycles. The molecule has 0 bridgehead atoms. The van der Waals surface area contributed by atoms with Gasteiger partial charge in [-0.3, -0.25) is 4.99 Å². The maximum Gasteiger partial charge on any atom is 0.223 e. The van der Waals surface area contributed by atoms with Crippen molar-refractivity contribution in [2.45, 2.75) is 0 Å². The Kier molecular flexibility index (Phi) is 3.64. The molecule has 0 fully saturated rings. The molecule has 0 radical (unpaired) electrons. The number of methoxy groups -OCH3 is 1. The van der Waals surface area contributed by atoms with Crippen LogP contribution in [0.5, 0.6) is 5.75 Å². The first-order valence-electron chi connectivity index (χ1n) is 6.07. The van der Waals surface area contributed by atoms with E-state index in [4.69, 9.17) is 16.3 Å². The van der Waals surface area contributed by atoms with Crippen LogP contribution in [-0.2, 0) is 0 Å². The number of allylic oxidation sites excluding steroid dienone is 2. The SMILES string of the molecule is COc1ccc(Cl)cc1-n1nnc(C2=CC=C=CC=N2)n1. The second-order valence-corrected chi connectivity index (χ2v) is 4.49. The first-order valence-corrected chi connectivity index (χ1v) is 6.45. The number of nitrogens with zero attached hydrogens (tertiary/aromatic N) is 5. The van der Waals surface area contributed by atoms with Gasteiger partial charge < -0.3 is 4.74 Å². The summed E-state index contributed by atoms with van der Waals surface area (Å²) in [6.07, 6.45) is 6.82. The first kappa shape index (κ1) is 13.3. The lowest BCUT2D eigenvalue weighted by atomic mass is 10.3. The third-order valence-electron chi connectivity index (χ3n) is 2.72. The van der Waals surface area contributed by atoms with Crippen LogP contribution in [-0.4, -0.2) is 33.5 Å². The lowest BCUT2D eigenvalue weighted by molar-refractivity contribution is 0.409. The molecule has 1 aromatic carbocycles. The number of benzene rings is 1. The molecule has 0 N–H and O–H groups in total. The average molecular weight is 300 g/mol. The van der Waals surface area contributed by atoms with E-state index >= 15 is 0 Å². The normalized spacial score (nSPS) is 13.1. The van der Waals surface area contributed by atoms with Crippen LogP contribution in [0.25, 0.3) is 11.4 Å². The lowest BCUT2D eigenvalue weighted by Gasteiger charge is -2.06. The van der Waals surface area contributed by atoms with Gasteiger partial charge in [0, 0.05) is 11.2 Å². The summed E-state index contributed by atoms with van der Waals surface area (Å²) in [5, 5.41) is 12.9. The van der Waals surface area contributed by atoms with Gasteiger partial charge in [0.15, 0.2) is 0 Å². The van der Waals surface area contributed by atoms with E-state index in [1.807, 2.05) is 0 Å². The van der Waals surface area contributed by atoms with Gasteiger partial charge in [0.2, 0.25) is 5.82 Å². The van der Waals surface area contributed by atoms with Crippen LogP contribution in [0.2, 0.25) is 5.02 Å². The largest absolute Gasteiger partial charge is 0.494 e. The Morgan fingerprint density at radius 1 is 1.29 bits per heavy atom. The van der Waals surface area contributed by atoms with Gasteiger partial charge in [-0.25, -0.2) is 0 Å². The second kappa shape index (κ2) is 5.75. The predicted molar refractivity (Wildman–Crippen MR) is 79.8 cm³/mol. The van der Waals surface area contributed by atoms with E-state index in [9.17, 15) is 0 Å². The molecular weight excluding hydrogens is 290 g/mol. The van der Waals surface area contributed by atoms with Crippen molar-refractivity contribution in [3.8, 4) is 11.4 Å². The molecule has 0 saturated carbocycles. The fourth-order valence-electron chi connectivity index (χ4n) is 1.76. The van der Waals surface area contributed by atoms with Crippen molar-refractivity contribution < 1.29 is 4.74 Å². The Morgan fingerprint density at radius 2 is 2.19 bits per heavy atom. The monoisotopic (exact) mass is 299 g/mol. The molecule has 0 spiro atoms. The van der Waals surface area contributed by atoms with Gasteiger partial charge in [-0.2, -0.15) is 0 Å². The fraction of sp³-hybridized carbons (Fsp3) is 0.0714. The van der Waals surface area contributed by atoms with E-state index in [0.29, 0.717) is 28.0 Å². The summed E-state index contributed by atoms with van der Waals surface area (Å²) in [5.41, 5.74) is 4.12. The Balaban J connectivity index is 2.01. The number of aromatic nitrogens is 4. The van der Waals surface area contributed by atoms with E-state index < -0.39 is 0 Å². The topological polar surface area (TPSA) is 65.2 Å². The fourth-order valence-corrected chi connectivity index (χ4v) is 1.92. The van der Waals surface area contributed by atoms with Gasteiger partial charge in [-0.1, -0.05) is 11.6 Å². The Bertz CT molecular complexity index is 799. The van der Waals surface area contributed by atoms with Gasteiger partial charge in [-0.05, 0) is 41.6 Å². The molecule has 1 aliphatic heterocycles. The van der Waals surface area contributed by atoms with Crippen LogP contribution < -0.4 is 4.74 Å². The third-order valence-corrected chi connectivity index (χ3v) is 2.96. The van der Waals surface area contributed by atoms with E-state index in [1.54, 1.807) is 49.8 Å². The standard InChI is InChI=1S/C14H10ClN5O/c1-21-13-7-6-10(15)9-12(13)20-18-14(17-19-20)11-5-3-2-4-8-16-11/h3-9H,1H3. The number of halogens is 1. The Hall–Kier alpha value is -2.69. The predicted octanol–water partition coefficient (Wildman–Crippen LogP) is 2.46. The molecule has 0 atom stereocenters. The molecule has 1 aromatic heterocycles. The van der Waals surface area contributed by atoms with Crippen LogP contribution in [0.15, 0.2) is 47.2 Å². The van der Waals surface area contributed by atoms with Crippen molar-refractivity contribution in [2.75, 3.05) is 7.11 Å². The number of aliphatic imine (C=N–C) groups is 1. The number of ether oxygens (including phenoxy) is 1. The van der Waals surface area contributed by atoms with Crippen molar-refractivity contribution in [2.24, 2.45) is 4.99 Å². The number of hydrogen-bond donors (Lipinski definition) is 0. The maximum atomic E-state index is 6.00. The molecule has 3 rings (SSSR count). The zero-order chi connectivity index (χ0) is 14.7. The van der Waals surface area contributed by atoms with Crippen LogP contribution in [0.1, 0.15) is 5.82 Å². The van der Waals surface area contributed by atoms with Crippen molar-refractivity contribution in [1.29, 1.82) is 0 Å². The minimum atomic E-state index is 0.404. The summed E-state index contributed by atoms with van der Waals surface area (Å²) in [6.45, 7) is 0. The average Bonchev–Trinajstić information content (AvgIpc) is 2.83. The minimum Gasteiger partial charge on any atom is -0.494 e. The van der Waals surface area contributed by atoms with Crippen molar-refractivity contribution in [3.63, 3.8) is 0 Å². The summed E-state index contributed by atoms with van der Waals surface area (Å²) < 4.78 is 5.28. The highest BCUT2D eigenvalue weighted by molar-refractivity contribution is 6.30. The number of rotatable bonds is 3. The quantitative estimate of drug-likeness (QED) is 0.817. The molecule has 0 aliphatic carbocycles. The molecular formula is C14H10ClN5O. The minimum absolute atomic E-state index is 0.404. The highest BCUT2D eigenvalue weighted by Crippen LogP contribution is 2.25. The second-order valence-electron chi connectivity index (χ2n) is 4.05. The summed E-state index contributed by atoms with van der Waals surface area (Å²) in [5.74, 6) is 1.00. The Morgan fingerprint density at radius 3 is 3.05 bits per heavy atom. The van der Waals surface area contributed by atoms with Gasteiger partial charge >= 0.3 is 0 Å². The van der Waals surface area contributed by atoms with Crippen LogP contribution >= 0.6 is 11.6 Å². The summed E-state index contributed by atoms with van der Waals surface area (Å²) >= 11 is 6.00. The van der Waals surface area contributed by atoms with Crippen molar-refractivity contribution in [1.82, 2.24) is 20.2 Å². The van der Waals surface area contributed by atoms with Gasteiger partial charge in [0.05, 0.1) is 7.11 Å². The lowest BCUT2D eigenvalue weighted by Crippen LogP contribution is -2.02. The molecule has 104 valence electrons. The van der Waals surface area contributed by atoms with Gasteiger partial charge in [-0.15, -0.1) is 20.7 Å². The third kappa shape index (κ3) is 2.76. The maximum absolute atomic E-state index is 6.00. The molecule has 2 aromatic rings. The Labute approximate surface area is 125 Å². The van der Waals surface area contributed by atoms with E-state index in [-0.39, 0.29) is 0 Å². The molecule has 0 unspecified atom stereocenters. The smallest absolute Gasteiger partial charge is 0.223 e.